The minimum absolute atomic E-state index is 0.112. The number of thiazole rings is 1. The fraction of sp³-hybridized carbons (Fsp3) is 0.259. The highest BCUT2D eigenvalue weighted by Gasteiger charge is 2.48. The average Bonchev–Trinajstić information content (AvgIpc) is 3.41. The standard InChI is InChI=1S/C27H26N2O7S/c1-6-36-19-12-9-17(13-20(19)35-5)22-21(23(31)16-7-10-18(34-4)11-8-16)24(32)26(33)29(22)27-28-14(2)25(37-27)15(3)30/h7-13,22,31H,6H2,1-5H3/t22-/m1/s1. The van der Waals surface area contributed by atoms with Crippen LogP contribution in [0.2, 0.25) is 0 Å². The number of ether oxygens (including phenoxy) is 3. The summed E-state index contributed by atoms with van der Waals surface area (Å²) in [6.45, 7) is 5.34. The van der Waals surface area contributed by atoms with E-state index in [0.717, 1.165) is 11.3 Å². The lowest BCUT2D eigenvalue weighted by molar-refractivity contribution is -0.132. The van der Waals surface area contributed by atoms with Crippen molar-refractivity contribution in [3.05, 3.63) is 69.7 Å². The van der Waals surface area contributed by atoms with E-state index >= 15 is 0 Å². The molecule has 4 rings (SSSR count). The molecule has 1 saturated heterocycles. The van der Waals surface area contributed by atoms with Gasteiger partial charge in [0.25, 0.3) is 5.78 Å². The molecule has 10 heteroatoms. The minimum atomic E-state index is -1.03. The monoisotopic (exact) mass is 522 g/mol. The van der Waals surface area contributed by atoms with Gasteiger partial charge in [0.05, 0.1) is 43.0 Å². The molecule has 0 unspecified atom stereocenters. The van der Waals surface area contributed by atoms with Gasteiger partial charge in [-0.2, -0.15) is 0 Å². The van der Waals surface area contributed by atoms with Crippen LogP contribution in [0.5, 0.6) is 17.2 Å². The molecular weight excluding hydrogens is 496 g/mol. The van der Waals surface area contributed by atoms with E-state index in [1.807, 2.05) is 6.92 Å². The van der Waals surface area contributed by atoms with E-state index in [1.165, 1.54) is 26.0 Å². The minimum Gasteiger partial charge on any atom is -0.507 e. The summed E-state index contributed by atoms with van der Waals surface area (Å²) in [5, 5.41) is 11.5. The molecule has 1 atom stereocenters. The Hall–Kier alpha value is -4.18. The van der Waals surface area contributed by atoms with Gasteiger partial charge >= 0.3 is 5.91 Å². The summed E-state index contributed by atoms with van der Waals surface area (Å²) in [6.07, 6.45) is 0. The number of Topliss-reactive ketones (excluding diaryl/α,β-unsaturated/α-hetero) is 2. The van der Waals surface area contributed by atoms with Crippen LogP contribution in [0.4, 0.5) is 5.13 Å². The van der Waals surface area contributed by atoms with Crippen LogP contribution in [0.3, 0.4) is 0 Å². The number of hydrogen-bond donors (Lipinski definition) is 1. The molecule has 0 spiro atoms. The van der Waals surface area contributed by atoms with Crippen LogP contribution in [0.15, 0.2) is 48.0 Å². The van der Waals surface area contributed by atoms with Gasteiger partial charge in [0, 0.05) is 12.5 Å². The van der Waals surface area contributed by atoms with Gasteiger partial charge in [0.2, 0.25) is 0 Å². The highest BCUT2D eigenvalue weighted by Crippen LogP contribution is 2.45. The van der Waals surface area contributed by atoms with Gasteiger partial charge in [-0.1, -0.05) is 17.4 Å². The maximum Gasteiger partial charge on any atom is 0.301 e. The molecule has 1 aliphatic rings. The summed E-state index contributed by atoms with van der Waals surface area (Å²) in [7, 11) is 3.00. The first-order valence-electron chi connectivity index (χ1n) is 11.5. The zero-order valence-corrected chi connectivity index (χ0v) is 21.8. The number of aliphatic hydroxyl groups is 1. The Morgan fingerprint density at radius 2 is 1.78 bits per heavy atom. The number of hydrogen-bond acceptors (Lipinski definition) is 9. The molecule has 9 nitrogen and oxygen atoms in total. The SMILES string of the molecule is CCOc1ccc([C@@H]2C(=C(O)c3ccc(OC)cc3)C(=O)C(=O)N2c2nc(C)c(C(C)=O)s2)cc1OC. The van der Waals surface area contributed by atoms with E-state index in [0.29, 0.717) is 45.6 Å². The van der Waals surface area contributed by atoms with E-state index in [1.54, 1.807) is 49.4 Å². The van der Waals surface area contributed by atoms with Crippen molar-refractivity contribution in [3.63, 3.8) is 0 Å². The zero-order valence-electron chi connectivity index (χ0n) is 21.0. The van der Waals surface area contributed by atoms with Gasteiger partial charge in [-0.05, 0) is 55.8 Å². The Labute approximate surface area is 217 Å². The molecule has 1 N–H and O–H groups in total. The molecule has 0 radical (unpaired) electrons. The summed E-state index contributed by atoms with van der Waals surface area (Å²) in [5.74, 6) is -0.823. The van der Waals surface area contributed by atoms with Gasteiger partial charge in [0.15, 0.2) is 22.4 Å². The van der Waals surface area contributed by atoms with Crippen LogP contribution in [0.1, 0.15) is 46.4 Å². The number of aryl methyl sites for hydroxylation is 1. The van der Waals surface area contributed by atoms with E-state index in [9.17, 15) is 19.5 Å². The first-order chi connectivity index (χ1) is 17.7. The molecule has 0 aliphatic carbocycles. The quantitative estimate of drug-likeness (QED) is 0.196. The van der Waals surface area contributed by atoms with Crippen molar-refractivity contribution in [1.29, 1.82) is 0 Å². The van der Waals surface area contributed by atoms with Crippen LogP contribution in [0, 0.1) is 6.92 Å². The van der Waals surface area contributed by atoms with Gasteiger partial charge in [-0.15, -0.1) is 0 Å². The average molecular weight is 523 g/mol. The summed E-state index contributed by atoms with van der Waals surface area (Å²) in [6, 6.07) is 10.5. The summed E-state index contributed by atoms with van der Waals surface area (Å²) >= 11 is 1.02. The number of ketones is 2. The number of nitrogens with zero attached hydrogens (tertiary/aromatic N) is 2. The molecular formula is C27H26N2O7S. The molecule has 0 bridgehead atoms. The van der Waals surface area contributed by atoms with E-state index in [4.69, 9.17) is 14.2 Å². The number of aromatic nitrogens is 1. The second kappa shape index (κ2) is 10.4. The van der Waals surface area contributed by atoms with Crippen LogP contribution >= 0.6 is 11.3 Å². The molecule has 2 heterocycles. The van der Waals surface area contributed by atoms with Gasteiger partial charge in [-0.25, -0.2) is 4.98 Å². The largest absolute Gasteiger partial charge is 0.507 e. The lowest BCUT2D eigenvalue weighted by Crippen LogP contribution is -2.29. The summed E-state index contributed by atoms with van der Waals surface area (Å²) in [4.78, 5) is 44.9. The van der Waals surface area contributed by atoms with Crippen molar-refractivity contribution < 1.29 is 33.7 Å². The number of benzene rings is 2. The Bertz CT molecular complexity index is 1410. The Morgan fingerprint density at radius 1 is 1.08 bits per heavy atom. The van der Waals surface area contributed by atoms with Crippen LogP contribution in [-0.4, -0.2) is 48.4 Å². The summed E-state index contributed by atoms with van der Waals surface area (Å²) < 4.78 is 16.3. The lowest BCUT2D eigenvalue weighted by atomic mass is 9.95. The molecule has 1 aliphatic heterocycles. The molecule has 1 fully saturated rings. The number of carbonyl (C=O) groups excluding carboxylic acids is 3. The van der Waals surface area contributed by atoms with Crippen molar-refractivity contribution in [3.8, 4) is 17.2 Å². The summed E-state index contributed by atoms with van der Waals surface area (Å²) in [5.41, 5.74) is 1.17. The number of aliphatic hydroxyl groups excluding tert-OH is 1. The molecule has 192 valence electrons. The van der Waals surface area contributed by atoms with E-state index in [-0.39, 0.29) is 22.2 Å². The number of rotatable bonds is 8. The van der Waals surface area contributed by atoms with Crippen molar-refractivity contribution in [2.45, 2.75) is 26.8 Å². The third-order valence-corrected chi connectivity index (χ3v) is 7.18. The number of anilines is 1. The Kier molecular flexibility index (Phi) is 7.30. The number of carbonyl (C=O) groups is 3. The fourth-order valence-corrected chi connectivity index (χ4v) is 5.18. The van der Waals surface area contributed by atoms with Gasteiger partial charge < -0.3 is 19.3 Å². The number of methoxy groups -OCH3 is 2. The lowest BCUT2D eigenvalue weighted by Gasteiger charge is -2.24. The maximum atomic E-state index is 13.4. The first kappa shape index (κ1) is 25.9. The second-order valence-corrected chi connectivity index (χ2v) is 9.19. The second-order valence-electron chi connectivity index (χ2n) is 8.21. The zero-order chi connectivity index (χ0) is 26.9. The Balaban J connectivity index is 1.95. The highest BCUT2D eigenvalue weighted by molar-refractivity contribution is 7.18. The van der Waals surface area contributed by atoms with Crippen LogP contribution in [0.25, 0.3) is 5.76 Å². The van der Waals surface area contributed by atoms with E-state index < -0.39 is 17.7 Å². The van der Waals surface area contributed by atoms with Crippen molar-refractivity contribution in [2.24, 2.45) is 0 Å². The highest BCUT2D eigenvalue weighted by atomic mass is 32.1. The Morgan fingerprint density at radius 3 is 2.35 bits per heavy atom. The topological polar surface area (TPSA) is 115 Å². The fourth-order valence-electron chi connectivity index (χ4n) is 4.19. The predicted octanol–water partition coefficient (Wildman–Crippen LogP) is 4.70. The molecule has 1 amide bonds. The van der Waals surface area contributed by atoms with Gasteiger partial charge in [-0.3, -0.25) is 19.3 Å². The van der Waals surface area contributed by atoms with Crippen molar-refractivity contribution >= 4 is 39.7 Å². The predicted molar refractivity (Wildman–Crippen MR) is 139 cm³/mol. The van der Waals surface area contributed by atoms with Crippen LogP contribution in [-0.2, 0) is 9.59 Å². The molecule has 3 aromatic rings. The van der Waals surface area contributed by atoms with Crippen LogP contribution < -0.4 is 19.1 Å². The molecule has 0 saturated carbocycles. The van der Waals surface area contributed by atoms with Gasteiger partial charge in [0.1, 0.15) is 11.5 Å². The maximum absolute atomic E-state index is 13.4. The van der Waals surface area contributed by atoms with Crippen molar-refractivity contribution in [2.75, 3.05) is 25.7 Å². The normalized spacial score (nSPS) is 16.7. The smallest absolute Gasteiger partial charge is 0.301 e. The third kappa shape index (κ3) is 4.67. The molecule has 2 aromatic carbocycles. The molecule has 37 heavy (non-hydrogen) atoms. The molecule has 1 aromatic heterocycles. The third-order valence-electron chi connectivity index (χ3n) is 5.92. The van der Waals surface area contributed by atoms with Crippen molar-refractivity contribution in [1.82, 2.24) is 4.98 Å². The number of amides is 1. The first-order valence-corrected chi connectivity index (χ1v) is 12.3. The van der Waals surface area contributed by atoms with E-state index in [2.05, 4.69) is 4.98 Å².